The van der Waals surface area contributed by atoms with Crippen LogP contribution in [-0.2, 0) is 14.8 Å². The van der Waals surface area contributed by atoms with Gasteiger partial charge in [0.1, 0.15) is 6.54 Å². The molecule has 0 spiro atoms. The van der Waals surface area contributed by atoms with Crippen molar-refractivity contribution in [3.05, 3.63) is 72.3 Å². The Labute approximate surface area is 165 Å². The molecule has 0 radical (unpaired) electrons. The zero-order valence-corrected chi connectivity index (χ0v) is 16.6. The van der Waals surface area contributed by atoms with Crippen molar-refractivity contribution in [1.29, 1.82) is 0 Å². The van der Waals surface area contributed by atoms with Gasteiger partial charge in [-0.3, -0.25) is 9.10 Å². The lowest BCUT2D eigenvalue weighted by molar-refractivity contribution is -0.120. The number of carbonyl (C=O) groups is 1. The fourth-order valence-corrected chi connectivity index (χ4v) is 5.44. The maximum Gasteiger partial charge on any atom is 0.265 e. The van der Waals surface area contributed by atoms with E-state index in [-0.39, 0.29) is 29.3 Å². The van der Waals surface area contributed by atoms with E-state index in [4.69, 9.17) is 0 Å². The van der Waals surface area contributed by atoms with Crippen LogP contribution in [0.2, 0.25) is 0 Å². The van der Waals surface area contributed by atoms with Gasteiger partial charge in [0.15, 0.2) is 0 Å². The summed E-state index contributed by atoms with van der Waals surface area (Å²) in [6.45, 7) is 3.81. The van der Waals surface area contributed by atoms with Gasteiger partial charge in [-0.15, -0.1) is 0 Å². The molecule has 6 heteroatoms. The topological polar surface area (TPSA) is 66.5 Å². The Kier molecular flexibility index (Phi) is 4.59. The first-order valence-electron chi connectivity index (χ1n) is 9.28. The molecule has 1 amide bonds. The van der Waals surface area contributed by atoms with Crippen molar-refractivity contribution >= 4 is 32.4 Å². The molecule has 0 saturated carbocycles. The van der Waals surface area contributed by atoms with Gasteiger partial charge in [-0.05, 0) is 29.0 Å². The van der Waals surface area contributed by atoms with Crippen LogP contribution >= 0.6 is 0 Å². The zero-order chi connectivity index (χ0) is 19.9. The minimum absolute atomic E-state index is 0.169. The van der Waals surface area contributed by atoms with Crippen molar-refractivity contribution in [1.82, 2.24) is 5.32 Å². The summed E-state index contributed by atoms with van der Waals surface area (Å²) in [5.41, 5.74) is 1.56. The number of nitrogens with one attached hydrogen (secondary N) is 1. The predicted octanol–water partition coefficient (Wildman–Crippen LogP) is 3.86. The van der Waals surface area contributed by atoms with Crippen LogP contribution in [0.25, 0.3) is 10.8 Å². The summed E-state index contributed by atoms with van der Waals surface area (Å²) < 4.78 is 27.3. The molecule has 1 unspecified atom stereocenters. The Bertz CT molecular complexity index is 1140. The molecule has 144 valence electrons. The maximum absolute atomic E-state index is 13.0. The molecule has 0 aromatic heterocycles. The number of sulfonamides is 1. The van der Waals surface area contributed by atoms with Gasteiger partial charge in [0, 0.05) is 5.39 Å². The smallest absolute Gasteiger partial charge is 0.265 e. The van der Waals surface area contributed by atoms with Crippen molar-refractivity contribution in [2.45, 2.75) is 24.8 Å². The lowest BCUT2D eigenvalue weighted by atomic mass is 9.96. The molecule has 0 saturated heterocycles. The van der Waals surface area contributed by atoms with Gasteiger partial charge in [-0.2, -0.15) is 0 Å². The van der Waals surface area contributed by atoms with Crippen molar-refractivity contribution in [3.63, 3.8) is 0 Å². The molecular formula is C22H22N2O3S. The highest BCUT2D eigenvalue weighted by molar-refractivity contribution is 7.93. The molecule has 28 heavy (non-hydrogen) atoms. The molecule has 5 nitrogen and oxygen atoms in total. The van der Waals surface area contributed by atoms with Gasteiger partial charge in [-0.1, -0.05) is 68.4 Å². The average Bonchev–Trinajstić information content (AvgIpc) is 2.90. The highest BCUT2D eigenvalue weighted by Gasteiger charge is 2.37. The van der Waals surface area contributed by atoms with Gasteiger partial charge in [0.05, 0.1) is 16.6 Å². The third kappa shape index (κ3) is 3.03. The second-order valence-electron chi connectivity index (χ2n) is 7.34. The first-order chi connectivity index (χ1) is 13.4. The Morgan fingerprint density at radius 1 is 0.964 bits per heavy atom. The van der Waals surface area contributed by atoms with Gasteiger partial charge in [0.2, 0.25) is 5.91 Å². The van der Waals surface area contributed by atoms with E-state index in [1.807, 2.05) is 62.4 Å². The van der Waals surface area contributed by atoms with E-state index < -0.39 is 10.0 Å². The van der Waals surface area contributed by atoms with Crippen LogP contribution in [-0.4, -0.2) is 20.9 Å². The number of rotatable bonds is 5. The monoisotopic (exact) mass is 394 g/mol. The van der Waals surface area contributed by atoms with Crippen molar-refractivity contribution in [2.75, 3.05) is 10.8 Å². The van der Waals surface area contributed by atoms with E-state index >= 15 is 0 Å². The summed E-state index contributed by atoms with van der Waals surface area (Å²) in [7, 11) is -3.74. The van der Waals surface area contributed by atoms with Crippen molar-refractivity contribution in [2.24, 2.45) is 5.92 Å². The molecule has 1 N–H and O–H groups in total. The normalized spacial score (nSPS) is 15.8. The van der Waals surface area contributed by atoms with E-state index in [2.05, 4.69) is 5.32 Å². The molecular weight excluding hydrogens is 372 g/mol. The quantitative estimate of drug-likeness (QED) is 0.715. The molecule has 1 aliphatic heterocycles. The lowest BCUT2D eigenvalue weighted by Crippen LogP contribution is -2.41. The highest BCUT2D eigenvalue weighted by Crippen LogP contribution is 2.41. The number of carbonyl (C=O) groups excluding carboxylic acids is 1. The number of benzene rings is 3. The van der Waals surface area contributed by atoms with Crippen molar-refractivity contribution < 1.29 is 13.2 Å². The first-order valence-corrected chi connectivity index (χ1v) is 10.7. The Morgan fingerprint density at radius 3 is 2.32 bits per heavy atom. The first kappa shape index (κ1) is 18.5. The predicted molar refractivity (Wildman–Crippen MR) is 111 cm³/mol. The summed E-state index contributed by atoms with van der Waals surface area (Å²) in [4.78, 5) is 13.1. The van der Waals surface area contributed by atoms with Crippen LogP contribution in [0, 0.1) is 5.92 Å². The van der Waals surface area contributed by atoms with E-state index in [1.165, 1.54) is 4.31 Å². The van der Waals surface area contributed by atoms with Crippen LogP contribution in [0.4, 0.5) is 5.69 Å². The summed E-state index contributed by atoms with van der Waals surface area (Å²) >= 11 is 0. The van der Waals surface area contributed by atoms with Gasteiger partial charge in [0.25, 0.3) is 10.0 Å². The summed E-state index contributed by atoms with van der Waals surface area (Å²) in [6, 6.07) is 20.2. The number of hydrogen-bond acceptors (Lipinski definition) is 3. The summed E-state index contributed by atoms with van der Waals surface area (Å²) in [5, 5.41) is 4.55. The molecule has 0 fully saturated rings. The van der Waals surface area contributed by atoms with Gasteiger partial charge in [-0.25, -0.2) is 8.42 Å². The molecule has 3 aromatic carbocycles. The Hall–Kier alpha value is -2.86. The minimum atomic E-state index is -3.74. The molecule has 0 bridgehead atoms. The Balaban J connectivity index is 1.63. The number of anilines is 1. The average molecular weight is 394 g/mol. The summed E-state index contributed by atoms with van der Waals surface area (Å²) in [6.07, 6.45) is 0. The Morgan fingerprint density at radius 2 is 1.64 bits per heavy atom. The van der Waals surface area contributed by atoms with Crippen LogP contribution in [0.5, 0.6) is 0 Å². The molecule has 0 aliphatic carbocycles. The molecule has 3 aromatic rings. The molecule has 1 aliphatic rings. The second-order valence-corrected chi connectivity index (χ2v) is 9.17. The SMILES string of the molecule is CC(C)C(NC(=O)CN1c2cccc3cccc(c23)S1(=O)=O)c1ccccc1. The molecule has 4 rings (SSSR count). The number of hydrogen-bond donors (Lipinski definition) is 1. The zero-order valence-electron chi connectivity index (χ0n) is 15.8. The molecule has 1 atom stereocenters. The van der Waals surface area contributed by atoms with E-state index in [0.717, 1.165) is 10.9 Å². The number of nitrogens with zero attached hydrogens (tertiary/aromatic N) is 1. The maximum atomic E-state index is 13.0. The number of amides is 1. The second kappa shape index (κ2) is 6.95. The highest BCUT2D eigenvalue weighted by atomic mass is 32.2. The lowest BCUT2D eigenvalue weighted by Gasteiger charge is -2.25. The fourth-order valence-electron chi connectivity index (χ4n) is 3.77. The fraction of sp³-hybridized carbons (Fsp3) is 0.227. The van der Waals surface area contributed by atoms with E-state index in [1.54, 1.807) is 18.2 Å². The molecule has 1 heterocycles. The standard InChI is InChI=1S/C22H22N2O3S/c1-15(2)22(17-8-4-3-5-9-17)23-20(25)14-24-18-12-6-10-16-11-7-13-19(21(16)18)28(24,26)27/h3-13,15,22H,14H2,1-2H3,(H,23,25). The van der Waals surface area contributed by atoms with Crippen LogP contribution in [0.3, 0.4) is 0 Å². The third-order valence-corrected chi connectivity index (χ3v) is 6.91. The van der Waals surface area contributed by atoms with Crippen molar-refractivity contribution in [3.8, 4) is 0 Å². The van der Waals surface area contributed by atoms with Crippen LogP contribution < -0.4 is 9.62 Å². The van der Waals surface area contributed by atoms with E-state index in [9.17, 15) is 13.2 Å². The van der Waals surface area contributed by atoms with Crippen LogP contribution in [0.1, 0.15) is 25.5 Å². The van der Waals surface area contributed by atoms with Crippen LogP contribution in [0.15, 0.2) is 71.6 Å². The van der Waals surface area contributed by atoms with Gasteiger partial charge >= 0.3 is 0 Å². The van der Waals surface area contributed by atoms with Gasteiger partial charge < -0.3 is 5.32 Å². The van der Waals surface area contributed by atoms with E-state index in [0.29, 0.717) is 11.1 Å². The largest absolute Gasteiger partial charge is 0.347 e. The third-order valence-electron chi connectivity index (χ3n) is 5.11. The summed E-state index contributed by atoms with van der Waals surface area (Å²) in [5.74, 6) is -0.155. The minimum Gasteiger partial charge on any atom is -0.347 e.